The summed E-state index contributed by atoms with van der Waals surface area (Å²) in [5, 5.41) is 5.58. The Balaban J connectivity index is 1.54. The maximum absolute atomic E-state index is 6.55. The number of aryl methyl sites for hydroxylation is 1. The zero-order valence-electron chi connectivity index (χ0n) is 20.9. The lowest BCUT2D eigenvalue weighted by Gasteiger charge is -2.16. The summed E-state index contributed by atoms with van der Waals surface area (Å²) >= 11 is 0. The highest BCUT2D eigenvalue weighted by Gasteiger charge is 2.18. The van der Waals surface area contributed by atoms with Crippen LogP contribution >= 0.6 is 0 Å². The van der Waals surface area contributed by atoms with Crippen LogP contribution in [0.1, 0.15) is 18.9 Å². The number of hydrogen-bond donors (Lipinski definition) is 2. The summed E-state index contributed by atoms with van der Waals surface area (Å²) in [7, 11) is 0. The fourth-order valence-corrected chi connectivity index (χ4v) is 4.86. The third-order valence-corrected chi connectivity index (χ3v) is 6.63. The van der Waals surface area contributed by atoms with Gasteiger partial charge < -0.3 is 9.73 Å². The molecule has 0 saturated heterocycles. The molecule has 1 heterocycles. The summed E-state index contributed by atoms with van der Waals surface area (Å²) in [5.74, 6) is 0.845. The van der Waals surface area contributed by atoms with E-state index in [1.807, 2.05) is 36.4 Å². The van der Waals surface area contributed by atoms with E-state index in [9.17, 15) is 0 Å². The van der Waals surface area contributed by atoms with Gasteiger partial charge in [-0.1, -0.05) is 74.0 Å². The second-order valence-corrected chi connectivity index (χ2v) is 9.33. The number of nitrogens with one attached hydrogen (secondary N) is 2. The van der Waals surface area contributed by atoms with Gasteiger partial charge in [0.2, 0.25) is 11.0 Å². The largest absolute Gasteiger partial charge is 0.456 e. The van der Waals surface area contributed by atoms with Crippen molar-refractivity contribution in [3.8, 4) is 22.5 Å². The van der Waals surface area contributed by atoms with Crippen LogP contribution < -0.4 is 15.7 Å². The second-order valence-electron chi connectivity index (χ2n) is 9.33. The summed E-state index contributed by atoms with van der Waals surface area (Å²) < 4.78 is 6.55. The Kier molecular flexibility index (Phi) is 6.26. The molecular formula is C34H29N2O+. The molecule has 0 amide bonds. The van der Waals surface area contributed by atoms with Crippen LogP contribution in [0.3, 0.4) is 0 Å². The maximum atomic E-state index is 6.55. The normalized spacial score (nSPS) is 11.8. The Morgan fingerprint density at radius 1 is 0.703 bits per heavy atom. The van der Waals surface area contributed by atoms with Crippen LogP contribution in [-0.4, -0.2) is 0 Å². The van der Waals surface area contributed by atoms with Crippen LogP contribution in [0, 0.1) is 0 Å². The van der Waals surface area contributed by atoms with Crippen LogP contribution in [0.15, 0.2) is 126 Å². The fraction of sp³-hybridized carbons (Fsp3) is 0.0882. The highest BCUT2D eigenvalue weighted by molar-refractivity contribution is 6.02. The average molecular weight is 482 g/mol. The zero-order valence-corrected chi connectivity index (χ0v) is 20.9. The summed E-state index contributed by atoms with van der Waals surface area (Å²) in [6.07, 6.45) is 2.23. The molecule has 0 radical (unpaired) electrons. The Morgan fingerprint density at radius 2 is 1.46 bits per heavy atom. The van der Waals surface area contributed by atoms with Crippen molar-refractivity contribution in [1.82, 2.24) is 0 Å². The summed E-state index contributed by atoms with van der Waals surface area (Å²) in [4.78, 5) is 3.50. The van der Waals surface area contributed by atoms with Crippen molar-refractivity contribution < 1.29 is 9.41 Å². The van der Waals surface area contributed by atoms with Gasteiger partial charge in [-0.2, -0.15) is 0 Å². The van der Waals surface area contributed by atoms with Gasteiger partial charge >= 0.3 is 0 Å². The number of benzene rings is 5. The van der Waals surface area contributed by atoms with E-state index in [2.05, 4.69) is 102 Å². The lowest BCUT2D eigenvalue weighted by molar-refractivity contribution is -0.402. The molecule has 0 atom stereocenters. The van der Waals surface area contributed by atoms with Gasteiger partial charge in [0.1, 0.15) is 11.3 Å². The molecule has 4 aromatic carbocycles. The molecule has 0 fully saturated rings. The first-order valence-electron chi connectivity index (χ1n) is 12.8. The fourth-order valence-electron chi connectivity index (χ4n) is 4.86. The third kappa shape index (κ3) is 4.89. The van der Waals surface area contributed by atoms with E-state index in [0.717, 1.165) is 57.6 Å². The van der Waals surface area contributed by atoms with Crippen LogP contribution in [0.5, 0.6) is 0 Å². The SMILES string of the molecule is CCCc1ccc(-c2c3ccc(=[NH+]c4ccccc4)cc-3oc3cc(Nc4ccccc4)ccc23)cc1. The molecular weight excluding hydrogens is 452 g/mol. The number of hydrogen-bond acceptors (Lipinski definition) is 2. The minimum absolute atomic E-state index is 0.845. The minimum Gasteiger partial charge on any atom is -0.456 e. The maximum Gasteiger partial charge on any atom is 0.207 e. The molecule has 0 aromatic heterocycles. The Morgan fingerprint density at radius 3 is 2.22 bits per heavy atom. The second kappa shape index (κ2) is 10.2. The third-order valence-electron chi connectivity index (χ3n) is 6.63. The van der Waals surface area contributed by atoms with E-state index in [1.54, 1.807) is 0 Å². The summed E-state index contributed by atoms with van der Waals surface area (Å²) in [5.41, 5.74) is 8.77. The molecule has 0 bridgehead atoms. The van der Waals surface area contributed by atoms with Crippen LogP contribution in [-0.2, 0) is 6.42 Å². The van der Waals surface area contributed by atoms with Crippen molar-refractivity contribution in [2.75, 3.05) is 5.32 Å². The molecule has 1 aliphatic carbocycles. The Bertz CT molecular complexity index is 1680. The molecule has 0 spiro atoms. The molecule has 4 aromatic rings. The van der Waals surface area contributed by atoms with Crippen LogP contribution in [0.25, 0.3) is 33.4 Å². The standard InChI is InChI=1S/C34H28N2O/c1-2-9-24-14-16-25(17-15-24)34-30-20-18-28(35-26-10-5-3-6-11-26)22-32(30)37-33-23-29(19-21-31(33)34)36-27-12-7-4-8-13-27/h3-8,10-23,35H,2,9H2,1H3/p+1. The average Bonchev–Trinajstić information content (AvgIpc) is 2.93. The smallest absolute Gasteiger partial charge is 0.207 e. The van der Waals surface area contributed by atoms with E-state index in [0.29, 0.717) is 0 Å². The van der Waals surface area contributed by atoms with E-state index in [4.69, 9.17) is 4.42 Å². The van der Waals surface area contributed by atoms with Crippen molar-refractivity contribution in [2.24, 2.45) is 0 Å². The molecule has 180 valence electrons. The highest BCUT2D eigenvalue weighted by Crippen LogP contribution is 2.40. The van der Waals surface area contributed by atoms with Crippen molar-refractivity contribution in [2.45, 2.75) is 19.8 Å². The molecule has 0 saturated carbocycles. The predicted molar refractivity (Wildman–Crippen MR) is 152 cm³/mol. The number of fused-ring (bicyclic) bond motifs is 2. The van der Waals surface area contributed by atoms with E-state index < -0.39 is 0 Å². The number of para-hydroxylation sites is 2. The molecule has 3 nitrogen and oxygen atoms in total. The number of rotatable bonds is 6. The molecule has 2 N–H and O–H groups in total. The highest BCUT2D eigenvalue weighted by atomic mass is 16.3. The Hall–Kier alpha value is -4.63. The molecule has 6 rings (SSSR count). The minimum atomic E-state index is 0.845. The van der Waals surface area contributed by atoms with Crippen LogP contribution in [0.2, 0.25) is 0 Å². The first-order chi connectivity index (χ1) is 18.3. The van der Waals surface area contributed by atoms with E-state index in [-0.39, 0.29) is 0 Å². The first kappa shape index (κ1) is 22.8. The van der Waals surface area contributed by atoms with Crippen molar-refractivity contribution in [3.63, 3.8) is 0 Å². The van der Waals surface area contributed by atoms with Crippen molar-refractivity contribution in [1.29, 1.82) is 0 Å². The van der Waals surface area contributed by atoms with Gasteiger partial charge in [-0.25, -0.2) is 4.99 Å². The number of anilines is 2. The Labute approximate surface area is 217 Å². The quantitative estimate of drug-likeness (QED) is 0.247. The molecule has 37 heavy (non-hydrogen) atoms. The zero-order chi connectivity index (χ0) is 25.0. The first-order valence-corrected chi connectivity index (χ1v) is 12.8. The van der Waals surface area contributed by atoms with E-state index in [1.165, 1.54) is 16.7 Å². The molecule has 0 unspecified atom stereocenters. The van der Waals surface area contributed by atoms with Gasteiger partial charge in [0.15, 0.2) is 0 Å². The van der Waals surface area contributed by atoms with Crippen molar-refractivity contribution >= 4 is 28.0 Å². The van der Waals surface area contributed by atoms with Gasteiger partial charge in [0.05, 0.1) is 6.07 Å². The summed E-state index contributed by atoms with van der Waals surface area (Å²) in [6.45, 7) is 2.22. The molecule has 3 heteroatoms. The van der Waals surface area contributed by atoms with Crippen LogP contribution in [0.4, 0.5) is 17.1 Å². The van der Waals surface area contributed by atoms with Gasteiger partial charge in [0.25, 0.3) is 0 Å². The predicted octanol–water partition coefficient (Wildman–Crippen LogP) is 7.21. The monoisotopic (exact) mass is 481 g/mol. The molecule has 2 aliphatic rings. The van der Waals surface area contributed by atoms with Gasteiger partial charge in [-0.15, -0.1) is 0 Å². The van der Waals surface area contributed by atoms with E-state index >= 15 is 0 Å². The van der Waals surface area contributed by atoms with Crippen molar-refractivity contribution in [3.05, 3.63) is 132 Å². The lowest BCUT2D eigenvalue weighted by Crippen LogP contribution is -2.70. The topological polar surface area (TPSA) is 39.1 Å². The molecule has 1 aliphatic heterocycles. The van der Waals surface area contributed by atoms with Gasteiger partial charge in [-0.05, 0) is 47.9 Å². The van der Waals surface area contributed by atoms with Gasteiger partial charge in [0, 0.05) is 52.2 Å². The summed E-state index contributed by atoms with van der Waals surface area (Å²) in [6, 6.07) is 42.1. The van der Waals surface area contributed by atoms with Gasteiger partial charge in [-0.3, -0.25) is 0 Å². The lowest BCUT2D eigenvalue weighted by atomic mass is 9.92.